The number of aliphatic hydroxyl groups is 2. The standard InChI is InChI=1S/C15H22N6O2/c16-15-18-13(20-3-1-2-4-20)12-14(19-15)21(8-17-12)10-5-9(7-22)11(23)6-10/h8-11,22-23H,1-7H2,(H2,16,18,19)/t9-,10-,11+/m1/s1. The van der Waals surface area contributed by atoms with Crippen LogP contribution in [0.4, 0.5) is 11.8 Å². The van der Waals surface area contributed by atoms with Crippen LogP contribution in [0.25, 0.3) is 11.2 Å². The summed E-state index contributed by atoms with van der Waals surface area (Å²) in [6, 6.07) is 0.0767. The third-order valence-electron chi connectivity index (χ3n) is 5.09. The van der Waals surface area contributed by atoms with Gasteiger partial charge in [0.1, 0.15) is 0 Å². The molecule has 3 heterocycles. The molecule has 1 saturated carbocycles. The first-order chi connectivity index (χ1) is 11.2. The van der Waals surface area contributed by atoms with Gasteiger partial charge >= 0.3 is 0 Å². The van der Waals surface area contributed by atoms with E-state index in [0.29, 0.717) is 12.8 Å². The fraction of sp³-hybridized carbons (Fsp3) is 0.667. The second kappa shape index (κ2) is 5.61. The molecule has 3 atom stereocenters. The van der Waals surface area contributed by atoms with E-state index < -0.39 is 6.10 Å². The number of hydrogen-bond acceptors (Lipinski definition) is 7. The summed E-state index contributed by atoms with van der Waals surface area (Å²) in [7, 11) is 0. The van der Waals surface area contributed by atoms with Crippen molar-refractivity contribution in [1.29, 1.82) is 0 Å². The molecular weight excluding hydrogens is 296 g/mol. The lowest BCUT2D eigenvalue weighted by Crippen LogP contribution is -2.20. The van der Waals surface area contributed by atoms with E-state index in [-0.39, 0.29) is 24.5 Å². The Hall–Kier alpha value is -1.93. The van der Waals surface area contributed by atoms with E-state index in [4.69, 9.17) is 5.73 Å². The molecule has 8 nitrogen and oxygen atoms in total. The van der Waals surface area contributed by atoms with E-state index in [9.17, 15) is 10.2 Å². The second-order valence-electron chi connectivity index (χ2n) is 6.56. The Kier molecular flexibility index (Phi) is 3.57. The predicted molar refractivity (Wildman–Crippen MR) is 86.0 cm³/mol. The zero-order chi connectivity index (χ0) is 16.0. The largest absolute Gasteiger partial charge is 0.396 e. The van der Waals surface area contributed by atoms with Gasteiger partial charge in [0, 0.05) is 31.7 Å². The topological polar surface area (TPSA) is 113 Å². The lowest BCUT2D eigenvalue weighted by atomic mass is 10.1. The number of aliphatic hydroxyl groups excluding tert-OH is 2. The van der Waals surface area contributed by atoms with Gasteiger partial charge in [-0.3, -0.25) is 0 Å². The molecule has 2 fully saturated rings. The summed E-state index contributed by atoms with van der Waals surface area (Å²) >= 11 is 0. The third kappa shape index (κ3) is 2.42. The van der Waals surface area contributed by atoms with Crippen molar-refractivity contribution in [3.05, 3.63) is 6.33 Å². The fourth-order valence-corrected chi connectivity index (χ4v) is 3.83. The molecule has 0 bridgehead atoms. The number of hydrogen-bond donors (Lipinski definition) is 3. The number of nitrogens with zero attached hydrogens (tertiary/aromatic N) is 5. The van der Waals surface area contributed by atoms with Crippen LogP contribution < -0.4 is 10.6 Å². The Labute approximate surface area is 134 Å². The number of aromatic nitrogens is 4. The number of fused-ring (bicyclic) bond motifs is 1. The van der Waals surface area contributed by atoms with Gasteiger partial charge in [0.05, 0.1) is 12.4 Å². The molecular formula is C15H22N6O2. The van der Waals surface area contributed by atoms with Crippen molar-refractivity contribution in [2.75, 3.05) is 30.3 Å². The maximum atomic E-state index is 10.1. The average Bonchev–Trinajstić information content (AvgIpc) is 3.24. The minimum Gasteiger partial charge on any atom is -0.396 e. The van der Waals surface area contributed by atoms with Gasteiger partial charge in [-0.15, -0.1) is 0 Å². The van der Waals surface area contributed by atoms with Crippen LogP contribution in [-0.4, -0.2) is 55.5 Å². The molecule has 0 amide bonds. The average molecular weight is 318 g/mol. The number of nitrogen functional groups attached to an aromatic ring is 1. The summed E-state index contributed by atoms with van der Waals surface area (Å²) in [6.45, 7) is 1.93. The molecule has 0 unspecified atom stereocenters. The fourth-order valence-electron chi connectivity index (χ4n) is 3.83. The van der Waals surface area contributed by atoms with Crippen LogP contribution in [0.2, 0.25) is 0 Å². The Morgan fingerprint density at radius 1 is 1.22 bits per heavy atom. The van der Waals surface area contributed by atoms with Crippen molar-refractivity contribution in [3.63, 3.8) is 0 Å². The molecule has 124 valence electrons. The second-order valence-corrected chi connectivity index (χ2v) is 6.56. The third-order valence-corrected chi connectivity index (χ3v) is 5.09. The Balaban J connectivity index is 1.75. The lowest BCUT2D eigenvalue weighted by Gasteiger charge is -2.17. The molecule has 4 rings (SSSR count). The molecule has 0 radical (unpaired) electrons. The van der Waals surface area contributed by atoms with Crippen molar-refractivity contribution >= 4 is 22.9 Å². The van der Waals surface area contributed by atoms with E-state index in [1.54, 1.807) is 6.33 Å². The lowest BCUT2D eigenvalue weighted by molar-refractivity contribution is 0.0906. The Morgan fingerprint density at radius 3 is 2.70 bits per heavy atom. The molecule has 4 N–H and O–H groups in total. The minimum atomic E-state index is -0.486. The molecule has 1 aliphatic heterocycles. The molecule has 8 heteroatoms. The molecule has 0 aromatic carbocycles. The quantitative estimate of drug-likeness (QED) is 0.746. The molecule has 2 aromatic rings. The van der Waals surface area contributed by atoms with Gasteiger partial charge in [-0.05, 0) is 25.7 Å². The van der Waals surface area contributed by atoms with Gasteiger partial charge in [-0.1, -0.05) is 0 Å². The van der Waals surface area contributed by atoms with Gasteiger partial charge < -0.3 is 25.4 Å². The van der Waals surface area contributed by atoms with Crippen LogP contribution in [0, 0.1) is 5.92 Å². The Morgan fingerprint density at radius 2 is 2.00 bits per heavy atom. The summed E-state index contributed by atoms with van der Waals surface area (Å²) in [4.78, 5) is 15.5. The van der Waals surface area contributed by atoms with E-state index in [0.717, 1.165) is 42.9 Å². The van der Waals surface area contributed by atoms with Crippen molar-refractivity contribution < 1.29 is 10.2 Å². The first-order valence-corrected chi connectivity index (χ1v) is 8.21. The number of imidazole rings is 1. The number of nitrogens with two attached hydrogens (primary N) is 1. The summed E-state index contributed by atoms with van der Waals surface area (Å²) < 4.78 is 1.98. The number of rotatable bonds is 3. The summed E-state index contributed by atoms with van der Waals surface area (Å²) in [5.41, 5.74) is 7.40. The zero-order valence-electron chi connectivity index (χ0n) is 13.0. The molecule has 1 aliphatic carbocycles. The highest BCUT2D eigenvalue weighted by Crippen LogP contribution is 2.37. The van der Waals surface area contributed by atoms with Gasteiger partial charge in [-0.2, -0.15) is 9.97 Å². The van der Waals surface area contributed by atoms with Gasteiger partial charge in [0.15, 0.2) is 17.0 Å². The highest BCUT2D eigenvalue weighted by atomic mass is 16.3. The van der Waals surface area contributed by atoms with Crippen LogP contribution in [0.1, 0.15) is 31.7 Å². The van der Waals surface area contributed by atoms with Crippen molar-refractivity contribution in [2.45, 2.75) is 37.8 Å². The van der Waals surface area contributed by atoms with E-state index in [1.807, 2.05) is 4.57 Å². The predicted octanol–water partition coefficient (Wildman–Crippen LogP) is 0.313. The zero-order valence-corrected chi connectivity index (χ0v) is 13.0. The molecule has 23 heavy (non-hydrogen) atoms. The molecule has 0 spiro atoms. The first kappa shape index (κ1) is 14.6. The van der Waals surface area contributed by atoms with Crippen LogP contribution in [0.15, 0.2) is 6.33 Å². The van der Waals surface area contributed by atoms with Crippen LogP contribution >= 0.6 is 0 Å². The first-order valence-electron chi connectivity index (χ1n) is 8.21. The van der Waals surface area contributed by atoms with Gasteiger partial charge in [0.2, 0.25) is 5.95 Å². The highest BCUT2D eigenvalue weighted by Gasteiger charge is 2.34. The van der Waals surface area contributed by atoms with Crippen molar-refractivity contribution in [1.82, 2.24) is 19.5 Å². The van der Waals surface area contributed by atoms with E-state index in [2.05, 4.69) is 19.9 Å². The summed E-state index contributed by atoms with van der Waals surface area (Å²) in [5.74, 6) is 0.967. The van der Waals surface area contributed by atoms with Crippen molar-refractivity contribution in [3.8, 4) is 0 Å². The maximum absolute atomic E-state index is 10.1. The van der Waals surface area contributed by atoms with Crippen LogP contribution in [-0.2, 0) is 0 Å². The smallest absolute Gasteiger partial charge is 0.224 e. The van der Waals surface area contributed by atoms with Crippen LogP contribution in [0.5, 0.6) is 0 Å². The maximum Gasteiger partial charge on any atom is 0.224 e. The number of anilines is 2. The van der Waals surface area contributed by atoms with Crippen molar-refractivity contribution in [2.24, 2.45) is 5.92 Å². The molecule has 2 aromatic heterocycles. The summed E-state index contributed by atoms with van der Waals surface area (Å²) in [5, 5.41) is 19.4. The van der Waals surface area contributed by atoms with Gasteiger partial charge in [-0.25, -0.2) is 4.98 Å². The minimum absolute atomic E-state index is 0.000444. The Bertz CT molecular complexity index is 711. The van der Waals surface area contributed by atoms with E-state index in [1.165, 1.54) is 0 Å². The van der Waals surface area contributed by atoms with Crippen LogP contribution in [0.3, 0.4) is 0 Å². The van der Waals surface area contributed by atoms with E-state index >= 15 is 0 Å². The summed E-state index contributed by atoms with van der Waals surface area (Å²) in [6.07, 6.45) is 4.89. The normalized spacial score (nSPS) is 28.1. The molecule has 2 aliphatic rings. The highest BCUT2D eigenvalue weighted by molar-refractivity contribution is 5.85. The SMILES string of the molecule is Nc1nc(N2CCCC2)c2ncn([C@@H]3C[C@H](CO)[C@@H](O)C3)c2n1. The molecule has 1 saturated heterocycles. The van der Waals surface area contributed by atoms with Gasteiger partial charge in [0.25, 0.3) is 0 Å². The monoisotopic (exact) mass is 318 g/mol.